The van der Waals surface area contributed by atoms with Crippen molar-refractivity contribution in [2.24, 2.45) is 0 Å². The zero-order valence-electron chi connectivity index (χ0n) is 9.53. The fourth-order valence-corrected chi connectivity index (χ4v) is 1.35. The van der Waals surface area contributed by atoms with Gasteiger partial charge in [-0.1, -0.05) is 6.07 Å². The Hall–Kier alpha value is -2.70. The first-order valence-corrected chi connectivity index (χ1v) is 5.08. The van der Waals surface area contributed by atoms with E-state index in [9.17, 15) is 10.1 Å². The minimum atomic E-state index is -0.507. The molecule has 0 unspecified atom stereocenters. The zero-order chi connectivity index (χ0) is 13.1. The third-order valence-corrected chi connectivity index (χ3v) is 2.19. The Balaban J connectivity index is 2.34. The summed E-state index contributed by atoms with van der Waals surface area (Å²) in [7, 11) is 0. The maximum absolute atomic E-state index is 10.9. The molecule has 2 N–H and O–H groups in total. The number of nitrogen functional groups attached to an aromatic ring is 1. The van der Waals surface area contributed by atoms with Gasteiger partial charge in [0.25, 0.3) is 0 Å². The molecule has 2 rings (SSSR count). The number of rotatable bonds is 3. The highest BCUT2D eigenvalue weighted by Crippen LogP contribution is 2.30. The van der Waals surface area contributed by atoms with E-state index in [4.69, 9.17) is 10.5 Å². The van der Waals surface area contributed by atoms with Crippen molar-refractivity contribution in [1.82, 2.24) is 10.2 Å². The maximum atomic E-state index is 10.9. The number of aryl methyl sites for hydroxylation is 1. The van der Waals surface area contributed by atoms with Crippen LogP contribution in [-0.4, -0.2) is 15.1 Å². The maximum Gasteiger partial charge on any atom is 0.311 e. The Bertz CT molecular complexity index is 583. The molecular formula is C11H10N4O3. The predicted octanol–water partition coefficient (Wildman–Crippen LogP) is 2.07. The summed E-state index contributed by atoms with van der Waals surface area (Å²) in [6, 6.07) is 7.66. The second-order valence-corrected chi connectivity index (χ2v) is 3.63. The van der Waals surface area contributed by atoms with Gasteiger partial charge in [-0.25, -0.2) is 0 Å². The van der Waals surface area contributed by atoms with Crippen LogP contribution in [0.4, 0.5) is 11.5 Å². The first kappa shape index (κ1) is 11.8. The molecule has 0 spiro atoms. The van der Waals surface area contributed by atoms with E-state index in [0.717, 1.165) is 5.56 Å². The van der Waals surface area contributed by atoms with Crippen LogP contribution in [0.15, 0.2) is 30.3 Å². The summed E-state index contributed by atoms with van der Waals surface area (Å²) in [6.45, 7) is 1.76. The Labute approximate surface area is 102 Å². The summed E-state index contributed by atoms with van der Waals surface area (Å²) in [5.41, 5.74) is 6.04. The quantitative estimate of drug-likeness (QED) is 0.656. The van der Waals surface area contributed by atoms with Crippen molar-refractivity contribution in [1.29, 1.82) is 0 Å². The molecule has 0 aliphatic heterocycles. The van der Waals surface area contributed by atoms with Crippen LogP contribution in [0.3, 0.4) is 0 Å². The van der Waals surface area contributed by atoms with Crippen LogP contribution in [0.25, 0.3) is 0 Å². The Morgan fingerprint density at radius 1 is 1.28 bits per heavy atom. The lowest BCUT2D eigenvalue weighted by atomic mass is 10.2. The van der Waals surface area contributed by atoms with Crippen LogP contribution in [0.2, 0.25) is 0 Å². The molecule has 0 radical (unpaired) electrons. The first-order chi connectivity index (χ1) is 8.56. The molecule has 1 aromatic heterocycles. The number of anilines is 1. The summed E-state index contributed by atoms with van der Waals surface area (Å²) in [5.74, 6) is 0.515. The largest absolute Gasteiger partial charge is 0.430 e. The number of nitro groups is 1. The van der Waals surface area contributed by atoms with Crippen molar-refractivity contribution in [3.63, 3.8) is 0 Å². The van der Waals surface area contributed by atoms with Crippen molar-refractivity contribution in [2.75, 3.05) is 5.73 Å². The van der Waals surface area contributed by atoms with E-state index >= 15 is 0 Å². The van der Waals surface area contributed by atoms with Crippen LogP contribution in [0, 0.1) is 17.0 Å². The van der Waals surface area contributed by atoms with Gasteiger partial charge in [0.2, 0.25) is 11.6 Å². The molecule has 0 saturated carbocycles. The van der Waals surface area contributed by atoms with E-state index in [1.807, 2.05) is 0 Å². The van der Waals surface area contributed by atoms with Crippen LogP contribution < -0.4 is 10.5 Å². The molecule has 2 aromatic rings. The third-order valence-electron chi connectivity index (χ3n) is 2.19. The molecule has 0 bridgehead atoms. The summed E-state index contributed by atoms with van der Waals surface area (Å²) in [6.07, 6.45) is 0. The molecule has 7 nitrogen and oxygen atoms in total. The van der Waals surface area contributed by atoms with Crippen molar-refractivity contribution >= 4 is 11.5 Å². The van der Waals surface area contributed by atoms with Gasteiger partial charge in [0.15, 0.2) is 0 Å². The monoisotopic (exact) mass is 246 g/mol. The minimum absolute atomic E-state index is 0.115. The molecule has 0 fully saturated rings. The minimum Gasteiger partial charge on any atom is -0.430 e. The molecular weight excluding hydrogens is 236 g/mol. The fourth-order valence-electron chi connectivity index (χ4n) is 1.35. The second kappa shape index (κ2) is 4.66. The number of hydrogen-bond donors (Lipinski definition) is 1. The fraction of sp³-hybridized carbons (Fsp3) is 0.0909. The highest BCUT2D eigenvalue weighted by atomic mass is 16.6. The number of nitrogens with two attached hydrogens (primary N) is 1. The van der Waals surface area contributed by atoms with E-state index in [1.54, 1.807) is 13.0 Å². The first-order valence-electron chi connectivity index (χ1n) is 5.08. The van der Waals surface area contributed by atoms with Gasteiger partial charge in [-0.3, -0.25) is 10.1 Å². The number of aromatic nitrogens is 2. The zero-order valence-corrected chi connectivity index (χ0v) is 9.53. The molecule has 7 heteroatoms. The van der Waals surface area contributed by atoms with Gasteiger partial charge >= 0.3 is 5.69 Å². The van der Waals surface area contributed by atoms with Gasteiger partial charge in [0.05, 0.1) is 4.92 Å². The van der Waals surface area contributed by atoms with Crippen LogP contribution in [-0.2, 0) is 0 Å². The Morgan fingerprint density at radius 2 is 2.06 bits per heavy atom. The van der Waals surface area contributed by atoms with E-state index in [-0.39, 0.29) is 23.1 Å². The smallest absolute Gasteiger partial charge is 0.311 e. The van der Waals surface area contributed by atoms with Gasteiger partial charge in [-0.15, -0.1) is 10.2 Å². The molecule has 0 aliphatic rings. The molecule has 1 aromatic carbocycles. The molecule has 92 valence electrons. The summed E-state index contributed by atoms with van der Waals surface area (Å²) < 4.78 is 5.31. The van der Waals surface area contributed by atoms with E-state index in [1.165, 1.54) is 24.3 Å². The lowest BCUT2D eigenvalue weighted by molar-refractivity contribution is -0.385. The van der Waals surface area contributed by atoms with Crippen molar-refractivity contribution in [2.45, 2.75) is 6.92 Å². The SMILES string of the molecule is Cc1ccc(Oc2ccc(N)nn2)c([N+](=O)[O-])c1. The number of hydrogen-bond acceptors (Lipinski definition) is 6. The molecule has 0 saturated heterocycles. The molecule has 0 atom stereocenters. The van der Waals surface area contributed by atoms with Crippen LogP contribution in [0.1, 0.15) is 5.56 Å². The van der Waals surface area contributed by atoms with Gasteiger partial charge < -0.3 is 10.5 Å². The summed E-state index contributed by atoms with van der Waals surface area (Å²) in [5, 5.41) is 18.2. The average Bonchev–Trinajstić information content (AvgIpc) is 2.34. The third kappa shape index (κ3) is 2.51. The molecule has 0 aliphatic carbocycles. The average molecular weight is 246 g/mol. The highest BCUT2D eigenvalue weighted by Gasteiger charge is 2.16. The summed E-state index contributed by atoms with van der Waals surface area (Å²) >= 11 is 0. The van der Waals surface area contributed by atoms with Crippen LogP contribution >= 0.6 is 0 Å². The Kier molecular flexibility index (Phi) is 3.05. The number of nitro benzene ring substituents is 1. The van der Waals surface area contributed by atoms with Crippen molar-refractivity contribution in [3.05, 3.63) is 46.0 Å². The second-order valence-electron chi connectivity index (χ2n) is 3.63. The van der Waals surface area contributed by atoms with E-state index < -0.39 is 4.92 Å². The highest BCUT2D eigenvalue weighted by molar-refractivity contribution is 5.49. The van der Waals surface area contributed by atoms with Gasteiger partial charge in [-0.05, 0) is 24.6 Å². The standard InChI is InChI=1S/C11H10N4O3/c1-7-2-3-9(8(6-7)15(16)17)18-11-5-4-10(12)13-14-11/h2-6H,1H3,(H2,12,13). The van der Waals surface area contributed by atoms with Gasteiger partial charge in [-0.2, -0.15) is 0 Å². The number of ether oxygens (including phenoxy) is 1. The lowest BCUT2D eigenvalue weighted by Crippen LogP contribution is -1.97. The molecule has 18 heavy (non-hydrogen) atoms. The van der Waals surface area contributed by atoms with E-state index in [2.05, 4.69) is 10.2 Å². The predicted molar refractivity (Wildman–Crippen MR) is 64.4 cm³/mol. The lowest BCUT2D eigenvalue weighted by Gasteiger charge is -2.05. The van der Waals surface area contributed by atoms with Crippen LogP contribution in [0.5, 0.6) is 11.6 Å². The normalized spacial score (nSPS) is 10.1. The van der Waals surface area contributed by atoms with Crippen molar-refractivity contribution < 1.29 is 9.66 Å². The van der Waals surface area contributed by atoms with Crippen molar-refractivity contribution in [3.8, 4) is 11.6 Å². The number of benzene rings is 1. The Morgan fingerprint density at radius 3 is 2.67 bits per heavy atom. The summed E-state index contributed by atoms with van der Waals surface area (Å²) in [4.78, 5) is 10.4. The topological polar surface area (TPSA) is 104 Å². The molecule has 1 heterocycles. The van der Waals surface area contributed by atoms with Gasteiger partial charge in [0, 0.05) is 12.1 Å². The molecule has 0 amide bonds. The number of nitrogens with zero attached hydrogens (tertiary/aromatic N) is 3. The van der Waals surface area contributed by atoms with E-state index in [0.29, 0.717) is 0 Å². The van der Waals surface area contributed by atoms with Gasteiger partial charge in [0.1, 0.15) is 5.82 Å².